The van der Waals surface area contributed by atoms with Gasteiger partial charge in [0.05, 0.1) is 35.1 Å². The van der Waals surface area contributed by atoms with Crippen LogP contribution in [0, 0.1) is 12.7 Å². The van der Waals surface area contributed by atoms with Crippen LogP contribution in [0.2, 0.25) is 0 Å². The minimum Gasteiger partial charge on any atom is -0.458 e. The van der Waals surface area contributed by atoms with Gasteiger partial charge < -0.3 is 24.8 Å². The largest absolute Gasteiger partial charge is 0.458 e. The first-order chi connectivity index (χ1) is 17.8. The van der Waals surface area contributed by atoms with Crippen molar-refractivity contribution in [3.05, 3.63) is 61.7 Å². The summed E-state index contributed by atoms with van der Waals surface area (Å²) in [6.07, 6.45) is 0.278. The van der Waals surface area contributed by atoms with Crippen molar-refractivity contribution in [2.45, 2.75) is 65.3 Å². The first-order valence-electron chi connectivity index (χ1n) is 12.5. The van der Waals surface area contributed by atoms with Crippen LogP contribution in [-0.4, -0.2) is 38.2 Å². The van der Waals surface area contributed by atoms with Crippen LogP contribution >= 0.6 is 0 Å². The fraction of sp³-hybridized carbons (Fsp3) is 0.407. The van der Waals surface area contributed by atoms with Gasteiger partial charge in [-0.25, -0.2) is 14.2 Å². The Bertz CT molecular complexity index is 1530. The molecule has 3 aliphatic rings. The van der Waals surface area contributed by atoms with Crippen molar-refractivity contribution in [3.8, 4) is 11.4 Å². The number of cyclic esters (lactones) is 1. The van der Waals surface area contributed by atoms with E-state index in [1.54, 1.807) is 13.0 Å². The molecule has 2 aliphatic heterocycles. The molecule has 1 aliphatic carbocycles. The number of hydrogen-bond acceptors (Lipinski definition) is 7. The third-order valence-electron chi connectivity index (χ3n) is 7.36. The van der Waals surface area contributed by atoms with Crippen molar-refractivity contribution < 1.29 is 28.9 Å². The zero-order valence-electron chi connectivity index (χ0n) is 20.9. The topological polar surface area (TPSA) is 131 Å². The van der Waals surface area contributed by atoms with Crippen LogP contribution in [0.1, 0.15) is 72.2 Å². The van der Waals surface area contributed by atoms with Gasteiger partial charge in [0.2, 0.25) is 5.91 Å². The number of rotatable bonds is 2. The molecular weight excluding hydrogens is 481 g/mol. The molecule has 0 spiro atoms. The van der Waals surface area contributed by atoms with Crippen LogP contribution in [-0.2, 0) is 33.9 Å². The molecule has 6 rings (SSSR count). The molecule has 0 bridgehead atoms. The molecule has 3 N–H and O–H groups in total. The van der Waals surface area contributed by atoms with E-state index in [0.29, 0.717) is 41.7 Å². The van der Waals surface area contributed by atoms with Gasteiger partial charge in [0.1, 0.15) is 19.0 Å². The van der Waals surface area contributed by atoms with E-state index in [2.05, 4.69) is 5.32 Å². The van der Waals surface area contributed by atoms with Gasteiger partial charge in [-0.2, -0.15) is 0 Å². The average Bonchev–Trinajstić information content (AvgIpc) is 3.15. The Balaban J connectivity index is 0.00000137. The Morgan fingerprint density at radius 3 is 2.73 bits per heavy atom. The quantitative estimate of drug-likeness (QED) is 0.354. The van der Waals surface area contributed by atoms with E-state index in [4.69, 9.17) is 9.72 Å². The van der Waals surface area contributed by atoms with Gasteiger partial charge in [-0.05, 0) is 48.9 Å². The lowest BCUT2D eigenvalue weighted by Gasteiger charge is -2.22. The summed E-state index contributed by atoms with van der Waals surface area (Å²) in [6.45, 7) is 4.99. The summed E-state index contributed by atoms with van der Waals surface area (Å²) < 4.78 is 21.4. The summed E-state index contributed by atoms with van der Waals surface area (Å²) in [5.74, 6) is -1.74. The number of halogens is 1. The van der Waals surface area contributed by atoms with Crippen molar-refractivity contribution >= 4 is 22.8 Å². The molecule has 0 saturated carbocycles. The van der Waals surface area contributed by atoms with Crippen LogP contribution < -0.4 is 10.9 Å². The maximum atomic E-state index is 14.9. The van der Waals surface area contributed by atoms with E-state index >= 15 is 0 Å². The second-order valence-corrected chi connectivity index (χ2v) is 9.24. The Morgan fingerprint density at radius 1 is 1.24 bits per heavy atom. The zero-order valence-corrected chi connectivity index (χ0v) is 20.9. The maximum Gasteiger partial charge on any atom is 0.340 e. The molecule has 2 atom stereocenters. The number of fused-ring (bicyclic) bond motifs is 5. The molecule has 37 heavy (non-hydrogen) atoms. The Morgan fingerprint density at radius 2 is 2.00 bits per heavy atom. The second kappa shape index (κ2) is 9.35. The Hall–Kier alpha value is -3.63. The molecule has 0 saturated heterocycles. The van der Waals surface area contributed by atoms with Crippen molar-refractivity contribution in [1.82, 2.24) is 14.9 Å². The molecule has 2 aromatic heterocycles. The lowest BCUT2D eigenvalue weighted by molar-refractivity contribution is -0.157. The minimum atomic E-state index is -1.58. The maximum absolute atomic E-state index is 14.9. The van der Waals surface area contributed by atoms with E-state index in [1.165, 1.54) is 10.6 Å². The highest BCUT2D eigenvalue weighted by molar-refractivity contribution is 5.93. The summed E-state index contributed by atoms with van der Waals surface area (Å²) in [5.41, 5.74) is 4.07. The van der Waals surface area contributed by atoms with Gasteiger partial charge in [0.25, 0.3) is 5.56 Å². The summed E-state index contributed by atoms with van der Waals surface area (Å²) in [5, 5.41) is 23.4. The van der Waals surface area contributed by atoms with Gasteiger partial charge in [0, 0.05) is 22.6 Å². The van der Waals surface area contributed by atoms with Gasteiger partial charge in [-0.1, -0.05) is 13.8 Å². The van der Waals surface area contributed by atoms with Crippen molar-refractivity contribution in [2.75, 3.05) is 6.61 Å². The lowest BCUT2D eigenvalue weighted by Crippen LogP contribution is -2.33. The summed E-state index contributed by atoms with van der Waals surface area (Å²) in [4.78, 5) is 42.2. The van der Waals surface area contributed by atoms with Crippen molar-refractivity contribution in [1.29, 1.82) is 0 Å². The fourth-order valence-electron chi connectivity index (χ4n) is 5.68. The summed E-state index contributed by atoms with van der Waals surface area (Å²) >= 11 is 0. The smallest absolute Gasteiger partial charge is 0.340 e. The summed E-state index contributed by atoms with van der Waals surface area (Å²) in [6, 6.07) is 2.47. The molecule has 9 nitrogen and oxygen atoms in total. The molecule has 0 fully saturated rings. The third-order valence-corrected chi connectivity index (χ3v) is 7.36. The van der Waals surface area contributed by atoms with Crippen LogP contribution in [0.5, 0.6) is 0 Å². The number of nitrogens with zero attached hydrogens (tertiary/aromatic N) is 2. The number of nitrogens with one attached hydrogen (secondary N) is 1. The van der Waals surface area contributed by atoms with Gasteiger partial charge >= 0.3 is 5.97 Å². The molecule has 1 amide bonds. The van der Waals surface area contributed by atoms with Crippen LogP contribution in [0.15, 0.2) is 16.9 Å². The molecule has 3 aromatic rings. The highest BCUT2D eigenvalue weighted by atomic mass is 19.1. The second-order valence-electron chi connectivity index (χ2n) is 9.24. The minimum absolute atomic E-state index is 0.167. The number of amides is 1. The van der Waals surface area contributed by atoms with Crippen LogP contribution in [0.25, 0.3) is 22.3 Å². The predicted octanol–water partition coefficient (Wildman–Crippen LogP) is 2.48. The molecule has 4 heterocycles. The van der Waals surface area contributed by atoms with E-state index in [1.807, 2.05) is 13.8 Å². The molecule has 2 unspecified atom stereocenters. The Kier molecular flexibility index (Phi) is 6.33. The number of benzene rings is 1. The average molecular weight is 510 g/mol. The van der Waals surface area contributed by atoms with Crippen molar-refractivity contribution in [2.24, 2.45) is 0 Å². The molecule has 194 valence electrons. The van der Waals surface area contributed by atoms with E-state index in [0.717, 1.165) is 22.1 Å². The van der Waals surface area contributed by atoms with E-state index in [9.17, 15) is 29.0 Å². The number of pyridine rings is 2. The molecule has 10 heteroatoms. The first-order valence-corrected chi connectivity index (χ1v) is 12.5. The number of carbonyl (C=O) groups excluding carboxylic acids is 2. The SMILES string of the molecule is CC.Cc1c(F)cc2nc3c(c4c2c1CCCC4NC(=O)CO)Cn1c-3cc2c(c1=O)COC(=O)C2O. The Labute approximate surface area is 211 Å². The highest BCUT2D eigenvalue weighted by Crippen LogP contribution is 2.44. The number of hydrogen-bond donors (Lipinski definition) is 3. The van der Waals surface area contributed by atoms with E-state index in [-0.39, 0.29) is 30.1 Å². The van der Waals surface area contributed by atoms with Crippen LogP contribution in [0.3, 0.4) is 0 Å². The molecule has 1 aromatic carbocycles. The lowest BCUT2D eigenvalue weighted by atomic mass is 9.91. The highest BCUT2D eigenvalue weighted by Gasteiger charge is 2.37. The number of aliphatic hydroxyl groups is 2. The number of ether oxygens (including phenoxy) is 1. The van der Waals surface area contributed by atoms with Crippen molar-refractivity contribution in [3.63, 3.8) is 0 Å². The van der Waals surface area contributed by atoms with Gasteiger partial charge in [0.15, 0.2) is 6.10 Å². The normalized spacial score (nSPS) is 19.1. The molecular formula is C27H28FN3O6. The number of carbonyl (C=O) groups is 2. The zero-order chi connectivity index (χ0) is 26.6. The van der Waals surface area contributed by atoms with Crippen LogP contribution in [0.4, 0.5) is 4.39 Å². The number of aryl methyl sites for hydroxylation is 1. The number of aromatic nitrogens is 2. The van der Waals surface area contributed by atoms with Gasteiger partial charge in [-0.3, -0.25) is 9.59 Å². The van der Waals surface area contributed by atoms with Gasteiger partial charge in [-0.15, -0.1) is 0 Å². The third kappa shape index (κ3) is 3.74. The number of esters is 1. The standard InChI is InChI=1S/C25H22FN3O6.C2H6/c1-10-11-3-2-4-16(27-19(31)8-30)21-13-7-29-18(22(13)28-17(20(11)21)6-15(10)26)5-12-14(24(29)33)9-35-25(34)23(12)32;1-2/h5-6,16,23,30,32H,2-4,7-9H2,1H3,(H,27,31);1-2H3. The number of aliphatic hydroxyl groups excluding tert-OH is 2. The molecule has 0 radical (unpaired) electrons. The van der Waals surface area contributed by atoms with E-state index < -0.39 is 36.2 Å². The summed E-state index contributed by atoms with van der Waals surface area (Å²) in [7, 11) is 0. The predicted molar refractivity (Wildman–Crippen MR) is 132 cm³/mol. The first kappa shape index (κ1) is 25.0. The fourth-order valence-corrected chi connectivity index (χ4v) is 5.68. The monoisotopic (exact) mass is 509 g/mol.